The number of allylic oxidation sites excluding steroid dienone is 2. The van der Waals surface area contributed by atoms with Crippen LogP contribution in [0.1, 0.15) is 6.42 Å². The summed E-state index contributed by atoms with van der Waals surface area (Å²) in [6.07, 6.45) is 5.11. The number of hydrogen-bond donors (Lipinski definition) is 1. The molecule has 1 aromatic carbocycles. The zero-order chi connectivity index (χ0) is 13.9. The number of hydrazine groups is 1. The van der Waals surface area contributed by atoms with Crippen LogP contribution in [0.25, 0.3) is 0 Å². The molecular weight excluding hydrogens is 276 g/mol. The molecule has 2 bridgehead atoms. The topological polar surface area (TPSA) is 49.4 Å². The van der Waals surface area contributed by atoms with E-state index in [1.165, 1.54) is 5.01 Å². The highest BCUT2D eigenvalue weighted by Crippen LogP contribution is 2.52. The maximum atomic E-state index is 12.5. The second kappa shape index (κ2) is 4.09. The quantitative estimate of drug-likeness (QED) is 0.672. The number of halogens is 1. The summed E-state index contributed by atoms with van der Waals surface area (Å²) in [4.78, 5) is 24.9. The Bertz CT molecular complexity index is 613. The van der Waals surface area contributed by atoms with Crippen LogP contribution in [0.15, 0.2) is 36.4 Å². The van der Waals surface area contributed by atoms with Crippen molar-refractivity contribution in [2.45, 2.75) is 6.42 Å². The van der Waals surface area contributed by atoms with Crippen molar-refractivity contribution in [1.29, 1.82) is 0 Å². The Balaban J connectivity index is 1.62. The Hall–Kier alpha value is -1.81. The van der Waals surface area contributed by atoms with Crippen molar-refractivity contribution in [2.24, 2.45) is 23.7 Å². The monoisotopic (exact) mass is 288 g/mol. The van der Waals surface area contributed by atoms with E-state index in [1.54, 1.807) is 24.3 Å². The summed E-state index contributed by atoms with van der Waals surface area (Å²) in [6.45, 7) is 0. The van der Waals surface area contributed by atoms with Gasteiger partial charge in [-0.1, -0.05) is 29.8 Å². The molecule has 102 valence electrons. The van der Waals surface area contributed by atoms with Crippen LogP contribution in [0.5, 0.6) is 0 Å². The average Bonchev–Trinajstić information content (AvgIpc) is 3.09. The molecule has 1 N–H and O–H groups in total. The number of fused-ring (bicyclic) bond motifs is 5. The summed E-state index contributed by atoms with van der Waals surface area (Å²) in [5.74, 6) is -0.123. The second-order valence-electron chi connectivity index (χ2n) is 5.63. The van der Waals surface area contributed by atoms with Crippen molar-refractivity contribution in [1.82, 2.24) is 5.01 Å². The molecule has 4 unspecified atom stereocenters. The Kier molecular flexibility index (Phi) is 2.45. The van der Waals surface area contributed by atoms with Gasteiger partial charge in [0, 0.05) is 5.02 Å². The van der Waals surface area contributed by atoms with Gasteiger partial charge in [-0.2, -0.15) is 5.01 Å². The summed E-state index contributed by atoms with van der Waals surface area (Å²) in [7, 11) is 0. The van der Waals surface area contributed by atoms with E-state index in [9.17, 15) is 9.59 Å². The molecule has 2 amide bonds. The maximum Gasteiger partial charge on any atom is 0.252 e. The lowest BCUT2D eigenvalue weighted by Gasteiger charge is -2.19. The Morgan fingerprint density at radius 1 is 1.10 bits per heavy atom. The molecule has 1 saturated carbocycles. The van der Waals surface area contributed by atoms with Crippen molar-refractivity contribution >= 4 is 29.1 Å². The molecule has 3 aliphatic rings. The molecule has 1 heterocycles. The number of anilines is 1. The number of amides is 2. The first-order valence-corrected chi connectivity index (χ1v) is 7.11. The third kappa shape index (κ3) is 1.54. The zero-order valence-electron chi connectivity index (χ0n) is 10.6. The van der Waals surface area contributed by atoms with Crippen LogP contribution in [0, 0.1) is 23.7 Å². The molecule has 0 aromatic heterocycles. The molecule has 4 atom stereocenters. The van der Waals surface area contributed by atoms with Gasteiger partial charge < -0.3 is 0 Å². The normalized spacial score (nSPS) is 34.0. The third-order valence-corrected chi connectivity index (χ3v) is 4.77. The largest absolute Gasteiger partial charge is 0.289 e. The summed E-state index contributed by atoms with van der Waals surface area (Å²) in [6, 6.07) is 7.01. The van der Waals surface area contributed by atoms with Crippen molar-refractivity contribution < 1.29 is 9.59 Å². The highest BCUT2D eigenvalue weighted by molar-refractivity contribution is 6.30. The lowest BCUT2D eigenvalue weighted by Crippen LogP contribution is -2.37. The number of hydrogen-bond acceptors (Lipinski definition) is 3. The van der Waals surface area contributed by atoms with E-state index in [0.29, 0.717) is 10.7 Å². The molecule has 4 rings (SSSR count). The number of carbonyl (C=O) groups excluding carboxylic acids is 2. The van der Waals surface area contributed by atoms with Crippen molar-refractivity contribution in [3.8, 4) is 0 Å². The van der Waals surface area contributed by atoms with E-state index < -0.39 is 0 Å². The van der Waals surface area contributed by atoms with Crippen molar-refractivity contribution in [3.05, 3.63) is 41.4 Å². The highest BCUT2D eigenvalue weighted by Gasteiger charge is 2.59. The molecule has 20 heavy (non-hydrogen) atoms. The fourth-order valence-electron chi connectivity index (χ4n) is 3.70. The van der Waals surface area contributed by atoms with Crippen molar-refractivity contribution in [2.75, 3.05) is 5.43 Å². The van der Waals surface area contributed by atoms with E-state index in [0.717, 1.165) is 6.42 Å². The van der Waals surface area contributed by atoms with Gasteiger partial charge in [-0.05, 0) is 36.5 Å². The van der Waals surface area contributed by atoms with Crippen LogP contribution >= 0.6 is 11.6 Å². The van der Waals surface area contributed by atoms with Gasteiger partial charge in [0.25, 0.3) is 11.8 Å². The first-order valence-electron chi connectivity index (χ1n) is 6.73. The van der Waals surface area contributed by atoms with Crippen LogP contribution in [-0.4, -0.2) is 16.8 Å². The molecule has 1 aliphatic heterocycles. The molecule has 4 nitrogen and oxygen atoms in total. The summed E-state index contributed by atoms with van der Waals surface area (Å²) in [5.41, 5.74) is 3.55. The Morgan fingerprint density at radius 2 is 1.75 bits per heavy atom. The number of carbonyl (C=O) groups is 2. The van der Waals surface area contributed by atoms with Gasteiger partial charge in [0.15, 0.2) is 0 Å². The number of benzene rings is 1. The average molecular weight is 289 g/mol. The van der Waals surface area contributed by atoms with Gasteiger partial charge >= 0.3 is 0 Å². The summed E-state index contributed by atoms with van der Waals surface area (Å²) >= 11 is 5.92. The van der Waals surface area contributed by atoms with Crippen LogP contribution < -0.4 is 5.43 Å². The smallest absolute Gasteiger partial charge is 0.252 e. The minimum Gasteiger partial charge on any atom is -0.289 e. The van der Waals surface area contributed by atoms with E-state index in [2.05, 4.69) is 17.6 Å². The Labute approximate surface area is 121 Å². The van der Waals surface area contributed by atoms with E-state index >= 15 is 0 Å². The lowest BCUT2D eigenvalue weighted by atomic mass is 9.85. The number of rotatable bonds is 2. The zero-order valence-corrected chi connectivity index (χ0v) is 11.4. The first kappa shape index (κ1) is 12.0. The Morgan fingerprint density at radius 3 is 2.35 bits per heavy atom. The molecular formula is C15H13ClN2O2. The predicted octanol–water partition coefficient (Wildman–Crippen LogP) is 2.47. The van der Waals surface area contributed by atoms with Crippen molar-refractivity contribution in [3.63, 3.8) is 0 Å². The molecule has 2 aliphatic carbocycles. The van der Waals surface area contributed by atoms with Crippen LogP contribution in [-0.2, 0) is 9.59 Å². The van der Waals surface area contributed by atoms with Gasteiger partial charge in [0.2, 0.25) is 0 Å². The second-order valence-corrected chi connectivity index (χ2v) is 6.07. The minimum atomic E-state index is -0.177. The molecule has 1 aromatic rings. The summed E-state index contributed by atoms with van der Waals surface area (Å²) < 4.78 is 0. The van der Waals surface area contributed by atoms with Crippen LogP contribution in [0.3, 0.4) is 0 Å². The lowest BCUT2D eigenvalue weighted by molar-refractivity contribution is -0.139. The predicted molar refractivity (Wildman–Crippen MR) is 74.6 cm³/mol. The molecule has 5 heteroatoms. The van der Waals surface area contributed by atoms with Gasteiger partial charge in [-0.15, -0.1) is 0 Å². The minimum absolute atomic E-state index is 0.114. The molecule has 0 radical (unpaired) electrons. The highest BCUT2D eigenvalue weighted by atomic mass is 35.5. The van der Waals surface area contributed by atoms with Gasteiger partial charge in [-0.3, -0.25) is 15.0 Å². The standard InChI is InChI=1S/C15H13ClN2O2/c16-10-2-1-3-11(7-10)17-18-14(19)12-8-4-5-9(6-8)13(12)15(18)20/h1-5,7-9,12-13,17H,6H2. The summed E-state index contributed by atoms with van der Waals surface area (Å²) in [5, 5.41) is 1.74. The number of imide groups is 1. The van der Waals surface area contributed by atoms with E-state index in [-0.39, 0.29) is 35.5 Å². The first-order chi connectivity index (χ1) is 9.65. The fraction of sp³-hybridized carbons (Fsp3) is 0.333. The fourth-order valence-corrected chi connectivity index (χ4v) is 3.89. The SMILES string of the molecule is O=C1C2C3C=CC(C3)C2C(=O)N1Nc1cccc(Cl)c1. The molecule has 0 spiro atoms. The van der Waals surface area contributed by atoms with Gasteiger partial charge in [-0.25, -0.2) is 0 Å². The molecule has 1 saturated heterocycles. The third-order valence-electron chi connectivity index (χ3n) is 4.54. The number of nitrogens with one attached hydrogen (secondary N) is 1. The van der Waals surface area contributed by atoms with Gasteiger partial charge in [0.05, 0.1) is 17.5 Å². The van der Waals surface area contributed by atoms with Gasteiger partial charge in [0.1, 0.15) is 0 Å². The van der Waals surface area contributed by atoms with E-state index in [4.69, 9.17) is 11.6 Å². The van der Waals surface area contributed by atoms with Crippen LogP contribution in [0.2, 0.25) is 5.02 Å². The maximum absolute atomic E-state index is 12.5. The van der Waals surface area contributed by atoms with Crippen LogP contribution in [0.4, 0.5) is 5.69 Å². The number of nitrogens with zero attached hydrogens (tertiary/aromatic N) is 1. The van der Waals surface area contributed by atoms with E-state index in [1.807, 2.05) is 0 Å². The molecule has 2 fully saturated rings.